The van der Waals surface area contributed by atoms with Gasteiger partial charge in [0.05, 0.1) is 29.0 Å². The van der Waals surface area contributed by atoms with Gasteiger partial charge in [0.2, 0.25) is 0 Å². The van der Waals surface area contributed by atoms with Gasteiger partial charge < -0.3 is 13.9 Å². The Labute approximate surface area is 248 Å². The molecule has 3 aromatic rings. The number of amides is 1. The van der Waals surface area contributed by atoms with Crippen molar-refractivity contribution in [2.75, 3.05) is 17.1 Å². The number of allylic oxidation sites excluding steroid dienone is 6. The van der Waals surface area contributed by atoms with E-state index < -0.39 is 29.0 Å². The number of rotatable bonds is 6. The van der Waals surface area contributed by atoms with E-state index in [9.17, 15) is 14.3 Å². The van der Waals surface area contributed by atoms with Gasteiger partial charge in [0.1, 0.15) is 17.1 Å². The number of carbonyl (C=O) groups excluding carboxylic acids is 1. The number of halogens is 1. The fraction of sp³-hybridized carbons (Fsp3) is 0.355. The number of hydrogen-bond donors (Lipinski definition) is 0. The standard InChI is InChI=1S/C31H33ClN4O4S/c1-18-8-7-9-20(11-10-18)26-22-17-23(21-12-13-33-24(32)16-21)35-14-15-36(41(6)39)27(28(22)35)19(2)25(26)29(30(37)34-38)40-31(3,4)5/h7-13,16-17,20,29H,14-15H2,1-6H3. The van der Waals surface area contributed by atoms with Crippen molar-refractivity contribution in [1.82, 2.24) is 9.55 Å². The first-order valence-corrected chi connectivity index (χ1v) is 15.3. The lowest BCUT2D eigenvalue weighted by Gasteiger charge is -2.35. The maximum atomic E-state index is 13.2. The predicted octanol–water partition coefficient (Wildman–Crippen LogP) is 7.08. The highest BCUT2D eigenvalue weighted by Gasteiger charge is 2.39. The molecule has 0 spiro atoms. The number of anilines is 1. The second kappa shape index (κ2) is 11.2. The molecule has 8 nitrogen and oxygen atoms in total. The van der Waals surface area contributed by atoms with Gasteiger partial charge in [-0.25, -0.2) is 4.98 Å². The molecule has 10 heteroatoms. The number of benzene rings is 1. The van der Waals surface area contributed by atoms with Crippen molar-refractivity contribution in [2.24, 2.45) is 5.18 Å². The van der Waals surface area contributed by atoms with Crippen LogP contribution in [0, 0.1) is 11.8 Å². The Morgan fingerprint density at radius 3 is 2.66 bits per heavy atom. The molecular weight excluding hydrogens is 560 g/mol. The molecule has 1 amide bonds. The van der Waals surface area contributed by atoms with Crippen molar-refractivity contribution in [3.8, 4) is 11.3 Å². The van der Waals surface area contributed by atoms with Crippen LogP contribution in [0.4, 0.5) is 5.69 Å². The van der Waals surface area contributed by atoms with Gasteiger partial charge in [0.25, 0.3) is 0 Å². The molecule has 214 valence electrons. The summed E-state index contributed by atoms with van der Waals surface area (Å²) in [4.78, 5) is 29.2. The van der Waals surface area contributed by atoms with Gasteiger partial charge in [0, 0.05) is 46.0 Å². The van der Waals surface area contributed by atoms with Crippen LogP contribution >= 0.6 is 11.6 Å². The summed E-state index contributed by atoms with van der Waals surface area (Å²) < 4.78 is 23.5. The number of aromatic nitrogens is 2. The van der Waals surface area contributed by atoms with E-state index in [0.29, 0.717) is 23.8 Å². The quantitative estimate of drug-likeness (QED) is 0.172. The molecule has 3 unspecified atom stereocenters. The highest BCUT2D eigenvalue weighted by molar-refractivity contribution is 7.92. The lowest BCUT2D eigenvalue weighted by molar-refractivity contribution is -0.140. The Hall–Kier alpha value is -3.24. The molecule has 3 atom stereocenters. The third-order valence-corrected chi connectivity index (χ3v) is 8.59. The fourth-order valence-corrected chi connectivity index (χ4v) is 6.78. The largest absolute Gasteiger partial charge is 0.593 e. The summed E-state index contributed by atoms with van der Waals surface area (Å²) in [5.41, 5.74) is 5.93. The lowest BCUT2D eigenvalue weighted by Crippen LogP contribution is -2.37. The van der Waals surface area contributed by atoms with Gasteiger partial charge in [0.15, 0.2) is 6.10 Å². The maximum absolute atomic E-state index is 13.2. The first-order valence-electron chi connectivity index (χ1n) is 13.4. The number of hydrogen-bond acceptors (Lipinski definition) is 6. The van der Waals surface area contributed by atoms with E-state index in [1.54, 1.807) is 12.5 Å². The zero-order valence-electron chi connectivity index (χ0n) is 24.0. The van der Waals surface area contributed by atoms with Crippen LogP contribution in [0.5, 0.6) is 0 Å². The topological polar surface area (TPSA) is 99.9 Å². The van der Waals surface area contributed by atoms with Crippen LogP contribution in [0.2, 0.25) is 5.15 Å². The third-order valence-electron chi connectivity index (χ3n) is 7.39. The van der Waals surface area contributed by atoms with E-state index in [4.69, 9.17) is 16.3 Å². The molecule has 0 saturated heterocycles. The lowest BCUT2D eigenvalue weighted by atomic mass is 9.83. The molecule has 2 aromatic heterocycles. The molecule has 0 bridgehead atoms. The van der Waals surface area contributed by atoms with Crippen molar-refractivity contribution < 1.29 is 14.1 Å². The van der Waals surface area contributed by atoms with Gasteiger partial charge in [-0.2, -0.15) is 4.31 Å². The minimum Gasteiger partial charge on any atom is -0.593 e. The molecule has 1 aliphatic carbocycles. The minimum absolute atomic E-state index is 0.246. The highest BCUT2D eigenvalue weighted by atomic mass is 35.5. The van der Waals surface area contributed by atoms with E-state index >= 15 is 0 Å². The number of nitroso groups, excluding NO2 is 1. The normalized spacial score (nSPS) is 18.3. The van der Waals surface area contributed by atoms with Crippen LogP contribution in [-0.2, 0) is 27.4 Å². The predicted molar refractivity (Wildman–Crippen MR) is 165 cm³/mol. The monoisotopic (exact) mass is 592 g/mol. The van der Waals surface area contributed by atoms with E-state index in [-0.39, 0.29) is 5.92 Å². The third kappa shape index (κ3) is 5.51. The number of ether oxygens (including phenoxy) is 1. The minimum atomic E-state index is -1.35. The van der Waals surface area contributed by atoms with Crippen LogP contribution in [-0.4, -0.2) is 38.4 Å². The summed E-state index contributed by atoms with van der Waals surface area (Å²) in [5, 5.41) is 4.08. The first-order chi connectivity index (χ1) is 19.4. The van der Waals surface area contributed by atoms with Crippen molar-refractivity contribution in [2.45, 2.75) is 58.8 Å². The molecule has 0 fully saturated rings. The molecule has 3 heterocycles. The van der Waals surface area contributed by atoms with E-state index in [0.717, 1.165) is 44.5 Å². The van der Waals surface area contributed by atoms with Gasteiger partial charge in [-0.05, 0) is 63.9 Å². The second-order valence-electron chi connectivity index (χ2n) is 11.4. The fourth-order valence-electron chi connectivity index (χ4n) is 5.79. The molecule has 2 aliphatic rings. The summed E-state index contributed by atoms with van der Waals surface area (Å²) in [5.74, 6) is -1.16. The summed E-state index contributed by atoms with van der Waals surface area (Å²) in [6.07, 6.45) is 12.3. The van der Waals surface area contributed by atoms with E-state index in [1.807, 2.05) is 69.3 Å². The second-order valence-corrected chi connectivity index (χ2v) is 13.0. The molecule has 0 radical (unpaired) electrons. The van der Waals surface area contributed by atoms with Gasteiger partial charge in [-0.15, -0.1) is 4.91 Å². The maximum Gasteiger partial charge on any atom is 0.319 e. The van der Waals surface area contributed by atoms with E-state index in [2.05, 4.69) is 32.9 Å². The van der Waals surface area contributed by atoms with Crippen LogP contribution in [0.15, 0.2) is 65.5 Å². The van der Waals surface area contributed by atoms with Gasteiger partial charge >= 0.3 is 5.91 Å². The van der Waals surface area contributed by atoms with Crippen molar-refractivity contribution >= 4 is 45.5 Å². The average Bonchev–Trinajstić information content (AvgIpc) is 3.16. The number of nitrogens with zero attached hydrogens (tertiary/aromatic N) is 4. The molecule has 0 saturated carbocycles. The molecule has 1 aliphatic heterocycles. The zero-order chi connectivity index (χ0) is 29.6. The average molecular weight is 593 g/mol. The van der Waals surface area contributed by atoms with Crippen LogP contribution in [0.25, 0.3) is 22.2 Å². The van der Waals surface area contributed by atoms with Crippen LogP contribution in [0.1, 0.15) is 56.4 Å². The molecule has 41 heavy (non-hydrogen) atoms. The van der Waals surface area contributed by atoms with Crippen molar-refractivity contribution in [3.05, 3.63) is 87.1 Å². The zero-order valence-corrected chi connectivity index (χ0v) is 25.5. The van der Waals surface area contributed by atoms with Crippen molar-refractivity contribution in [1.29, 1.82) is 0 Å². The van der Waals surface area contributed by atoms with Gasteiger partial charge in [-0.3, -0.25) is 4.79 Å². The van der Waals surface area contributed by atoms with Crippen LogP contribution < -0.4 is 4.31 Å². The summed E-state index contributed by atoms with van der Waals surface area (Å²) in [6.45, 7) is 10.5. The molecule has 1 aromatic carbocycles. The molecule has 0 N–H and O–H groups in total. The van der Waals surface area contributed by atoms with Gasteiger partial charge in [-0.1, -0.05) is 47.6 Å². The Balaban J connectivity index is 1.95. The highest BCUT2D eigenvalue weighted by Crippen LogP contribution is 2.49. The molecular formula is C31H33ClN4O4S. The smallest absolute Gasteiger partial charge is 0.319 e. The summed E-state index contributed by atoms with van der Waals surface area (Å²) in [6, 6.07) is 5.82. The summed E-state index contributed by atoms with van der Waals surface area (Å²) in [7, 11) is 0. The Bertz CT molecular complexity index is 1630. The Morgan fingerprint density at radius 2 is 2.00 bits per heavy atom. The van der Waals surface area contributed by atoms with E-state index in [1.165, 1.54) is 0 Å². The number of pyridine rings is 1. The summed E-state index contributed by atoms with van der Waals surface area (Å²) >= 11 is 4.96. The molecule has 5 rings (SSSR count). The Morgan fingerprint density at radius 1 is 1.24 bits per heavy atom. The Kier molecular flexibility index (Phi) is 8.00. The number of carbonyl (C=O) groups is 1. The SMILES string of the molecule is CC1=CC=CC(c2c(C(OC(C)(C)C)C(=O)N=O)c(C)c3c4c2cc(-c2ccnc(Cl)c2)n4CCN3[S+](C)[O-])C=C1. The van der Waals surface area contributed by atoms with Crippen LogP contribution in [0.3, 0.4) is 0 Å². The van der Waals surface area contributed by atoms with Crippen molar-refractivity contribution in [3.63, 3.8) is 0 Å². The first kappa shape index (κ1) is 29.3.